The van der Waals surface area contributed by atoms with Crippen molar-refractivity contribution >= 4 is 5.91 Å². The van der Waals surface area contributed by atoms with Gasteiger partial charge in [-0.15, -0.1) is 0 Å². The first-order valence-corrected chi connectivity index (χ1v) is 21.2. The predicted molar refractivity (Wildman–Crippen MR) is 210 cm³/mol. The van der Waals surface area contributed by atoms with E-state index in [1.165, 1.54) is 141 Å². The molecular formula is C43H83NO5. The maximum atomic E-state index is 12.5. The van der Waals surface area contributed by atoms with Crippen LogP contribution in [-0.2, 0) is 4.79 Å². The molecule has 0 rings (SSSR count). The molecule has 0 heterocycles. The second-order valence-electron chi connectivity index (χ2n) is 14.7. The number of hydrogen-bond acceptors (Lipinski definition) is 5. The Morgan fingerprint density at radius 2 is 0.837 bits per heavy atom. The molecule has 0 saturated heterocycles. The van der Waals surface area contributed by atoms with Crippen molar-refractivity contribution in [2.75, 3.05) is 6.61 Å². The van der Waals surface area contributed by atoms with Gasteiger partial charge in [-0.2, -0.15) is 0 Å². The van der Waals surface area contributed by atoms with Gasteiger partial charge in [0.15, 0.2) is 0 Å². The van der Waals surface area contributed by atoms with Crippen LogP contribution in [0.2, 0.25) is 0 Å². The van der Waals surface area contributed by atoms with Crippen molar-refractivity contribution in [1.82, 2.24) is 5.32 Å². The number of aliphatic hydroxyl groups is 4. The number of allylic oxidation sites excluding steroid dienone is 4. The van der Waals surface area contributed by atoms with E-state index in [0.717, 1.165) is 44.9 Å². The van der Waals surface area contributed by atoms with Gasteiger partial charge in [-0.3, -0.25) is 4.79 Å². The summed E-state index contributed by atoms with van der Waals surface area (Å²) in [6, 6.07) is -1.00. The van der Waals surface area contributed by atoms with E-state index < -0.39 is 36.9 Å². The second kappa shape index (κ2) is 38.0. The Bertz CT molecular complexity index is 742. The van der Waals surface area contributed by atoms with Gasteiger partial charge in [0.25, 0.3) is 0 Å². The molecule has 0 spiro atoms. The topological polar surface area (TPSA) is 110 Å². The molecule has 0 aromatic heterocycles. The number of hydrogen-bond donors (Lipinski definition) is 5. The van der Waals surface area contributed by atoms with Crippen molar-refractivity contribution in [3.05, 3.63) is 24.3 Å². The van der Waals surface area contributed by atoms with Gasteiger partial charge >= 0.3 is 0 Å². The van der Waals surface area contributed by atoms with E-state index in [9.17, 15) is 25.2 Å². The lowest BCUT2D eigenvalue weighted by Crippen LogP contribution is -2.53. The molecule has 4 atom stereocenters. The minimum atomic E-state index is -1.28. The molecule has 5 N–H and O–H groups in total. The summed E-state index contributed by atoms with van der Waals surface area (Å²) in [5.41, 5.74) is 0. The first-order valence-electron chi connectivity index (χ1n) is 21.2. The van der Waals surface area contributed by atoms with Crippen molar-refractivity contribution < 1.29 is 25.2 Å². The highest BCUT2D eigenvalue weighted by atomic mass is 16.3. The van der Waals surface area contributed by atoms with Crippen LogP contribution in [0.3, 0.4) is 0 Å². The Balaban J connectivity index is 3.80. The first-order chi connectivity index (χ1) is 24.0. The molecule has 0 aliphatic heterocycles. The first kappa shape index (κ1) is 47.8. The molecule has 49 heavy (non-hydrogen) atoms. The minimum absolute atomic E-state index is 0.357. The zero-order valence-corrected chi connectivity index (χ0v) is 32.4. The lowest BCUT2D eigenvalue weighted by Gasteiger charge is -2.27. The molecular weight excluding hydrogens is 610 g/mol. The van der Waals surface area contributed by atoms with Gasteiger partial charge in [0.2, 0.25) is 5.91 Å². The predicted octanol–water partition coefficient (Wildman–Crippen LogP) is 10.8. The van der Waals surface area contributed by atoms with Crippen LogP contribution in [0.1, 0.15) is 213 Å². The van der Waals surface area contributed by atoms with Crippen LogP contribution < -0.4 is 5.32 Å². The van der Waals surface area contributed by atoms with Gasteiger partial charge in [-0.05, 0) is 64.2 Å². The van der Waals surface area contributed by atoms with Crippen molar-refractivity contribution in [2.45, 2.75) is 237 Å². The van der Waals surface area contributed by atoms with Crippen LogP contribution in [0.4, 0.5) is 0 Å². The SMILES string of the molecule is CCCCCCCCCC/C=C\CCCCCCCCC(O)C(=O)NC(CO)C(O)C(O)CCC/C=C/CCCCCCCCCCCC. The fourth-order valence-electron chi connectivity index (χ4n) is 6.46. The van der Waals surface area contributed by atoms with Crippen LogP contribution in [0, 0.1) is 0 Å². The normalized spacial score (nSPS) is 14.5. The average molecular weight is 694 g/mol. The molecule has 0 aliphatic carbocycles. The fourth-order valence-corrected chi connectivity index (χ4v) is 6.46. The molecule has 290 valence electrons. The molecule has 0 saturated carbocycles. The zero-order valence-electron chi connectivity index (χ0n) is 32.4. The molecule has 0 aromatic carbocycles. The summed E-state index contributed by atoms with van der Waals surface area (Å²) >= 11 is 0. The average Bonchev–Trinajstić information content (AvgIpc) is 3.11. The largest absolute Gasteiger partial charge is 0.394 e. The number of rotatable bonds is 38. The second-order valence-corrected chi connectivity index (χ2v) is 14.7. The third kappa shape index (κ3) is 32.4. The van der Waals surface area contributed by atoms with Crippen LogP contribution in [0.15, 0.2) is 24.3 Å². The summed E-state index contributed by atoms with van der Waals surface area (Å²) in [4.78, 5) is 12.5. The standard InChI is InChI=1S/C43H83NO5/c1-3-5-7-9-11-13-15-17-19-20-21-23-25-27-29-31-33-35-37-41(47)43(49)44-39(38-45)42(48)40(46)36-34-32-30-28-26-24-22-18-16-14-12-10-8-6-4-2/h20-21,28,30,39-42,45-48H,3-19,22-27,29,31-38H2,1-2H3,(H,44,49)/b21-20-,30-28+. The minimum Gasteiger partial charge on any atom is -0.394 e. The Morgan fingerprint density at radius 1 is 0.490 bits per heavy atom. The molecule has 6 heteroatoms. The number of carbonyl (C=O) groups is 1. The highest BCUT2D eigenvalue weighted by Gasteiger charge is 2.28. The number of carbonyl (C=O) groups excluding carboxylic acids is 1. The Hall–Kier alpha value is -1.21. The van der Waals surface area contributed by atoms with E-state index in [4.69, 9.17) is 0 Å². The molecule has 0 radical (unpaired) electrons. The summed E-state index contributed by atoms with van der Waals surface area (Å²) < 4.78 is 0. The lowest BCUT2D eigenvalue weighted by molar-refractivity contribution is -0.132. The number of aliphatic hydroxyl groups excluding tert-OH is 4. The maximum absolute atomic E-state index is 12.5. The fraction of sp³-hybridized carbons (Fsp3) is 0.884. The van der Waals surface area contributed by atoms with Crippen molar-refractivity contribution in [1.29, 1.82) is 0 Å². The van der Waals surface area contributed by atoms with Gasteiger partial charge in [-0.1, -0.05) is 173 Å². The van der Waals surface area contributed by atoms with E-state index in [-0.39, 0.29) is 0 Å². The molecule has 0 aromatic rings. The molecule has 1 amide bonds. The monoisotopic (exact) mass is 694 g/mol. The van der Waals surface area contributed by atoms with Gasteiger partial charge in [0.1, 0.15) is 12.2 Å². The molecule has 0 fully saturated rings. The number of amides is 1. The quantitative estimate of drug-likeness (QED) is 0.0327. The molecule has 0 bridgehead atoms. The third-order valence-corrected chi connectivity index (χ3v) is 9.88. The lowest BCUT2D eigenvalue weighted by atomic mass is 10.00. The van der Waals surface area contributed by atoms with E-state index >= 15 is 0 Å². The third-order valence-electron chi connectivity index (χ3n) is 9.88. The number of unbranched alkanes of at least 4 members (excludes halogenated alkanes) is 25. The highest BCUT2D eigenvalue weighted by Crippen LogP contribution is 2.15. The smallest absolute Gasteiger partial charge is 0.249 e. The highest BCUT2D eigenvalue weighted by molar-refractivity contribution is 5.80. The van der Waals surface area contributed by atoms with E-state index in [1.807, 2.05) is 0 Å². The van der Waals surface area contributed by atoms with Crippen LogP contribution >= 0.6 is 0 Å². The van der Waals surface area contributed by atoms with E-state index in [1.54, 1.807) is 0 Å². The molecule has 6 nitrogen and oxygen atoms in total. The van der Waals surface area contributed by atoms with Crippen molar-refractivity contribution in [3.8, 4) is 0 Å². The maximum Gasteiger partial charge on any atom is 0.249 e. The van der Waals surface area contributed by atoms with Crippen molar-refractivity contribution in [3.63, 3.8) is 0 Å². The summed E-state index contributed by atoms with van der Waals surface area (Å²) in [6.45, 7) is 4.03. The zero-order chi connectivity index (χ0) is 36.0. The van der Waals surface area contributed by atoms with E-state index in [0.29, 0.717) is 12.8 Å². The summed E-state index contributed by atoms with van der Waals surface area (Å²) in [6.07, 6.45) is 42.0. The Morgan fingerprint density at radius 3 is 1.22 bits per heavy atom. The van der Waals surface area contributed by atoms with Gasteiger partial charge < -0.3 is 25.7 Å². The van der Waals surface area contributed by atoms with Gasteiger partial charge in [-0.25, -0.2) is 0 Å². The van der Waals surface area contributed by atoms with Gasteiger partial charge in [0.05, 0.1) is 18.8 Å². The molecule has 0 aliphatic rings. The number of nitrogens with one attached hydrogen (secondary N) is 1. The van der Waals surface area contributed by atoms with Crippen LogP contribution in [0.5, 0.6) is 0 Å². The van der Waals surface area contributed by atoms with Crippen LogP contribution in [-0.4, -0.2) is 57.3 Å². The summed E-state index contributed by atoms with van der Waals surface area (Å²) in [5.74, 6) is -0.598. The summed E-state index contributed by atoms with van der Waals surface area (Å²) in [7, 11) is 0. The Labute approximate surface area is 304 Å². The van der Waals surface area contributed by atoms with E-state index in [2.05, 4.69) is 43.5 Å². The van der Waals surface area contributed by atoms with Crippen molar-refractivity contribution in [2.24, 2.45) is 0 Å². The van der Waals surface area contributed by atoms with Gasteiger partial charge in [0, 0.05) is 0 Å². The summed E-state index contributed by atoms with van der Waals surface area (Å²) in [5, 5.41) is 43.6. The molecule has 4 unspecified atom stereocenters. The van der Waals surface area contributed by atoms with Crippen LogP contribution in [0.25, 0.3) is 0 Å². The Kier molecular flexibility index (Phi) is 37.1.